The molecule has 0 radical (unpaired) electrons. The first-order valence-electron chi connectivity index (χ1n) is 8.81. The van der Waals surface area contributed by atoms with Crippen molar-refractivity contribution in [2.75, 3.05) is 12.3 Å². The van der Waals surface area contributed by atoms with Gasteiger partial charge in [0.2, 0.25) is 5.91 Å². The van der Waals surface area contributed by atoms with Crippen molar-refractivity contribution in [3.05, 3.63) is 65.7 Å². The number of thioether (sulfide) groups is 1. The molecule has 0 bridgehead atoms. The predicted octanol–water partition coefficient (Wildman–Crippen LogP) is 4.89. The van der Waals surface area contributed by atoms with Gasteiger partial charge >= 0.3 is 0 Å². The second-order valence-corrected chi connectivity index (χ2v) is 7.94. The summed E-state index contributed by atoms with van der Waals surface area (Å²) in [6.45, 7) is 5.57. The summed E-state index contributed by atoms with van der Waals surface area (Å²) >= 11 is 1.83. The molecule has 3 nitrogen and oxygen atoms in total. The van der Waals surface area contributed by atoms with E-state index in [4.69, 9.17) is 4.74 Å². The molecule has 2 aromatic carbocycles. The quantitative estimate of drug-likeness (QED) is 0.739. The number of amides is 1. The number of benzene rings is 2. The Morgan fingerprint density at radius 2 is 2.00 bits per heavy atom. The minimum absolute atomic E-state index is 0.103. The van der Waals surface area contributed by atoms with Gasteiger partial charge in [-0.05, 0) is 29.2 Å². The van der Waals surface area contributed by atoms with Crippen molar-refractivity contribution >= 4 is 17.7 Å². The van der Waals surface area contributed by atoms with Crippen molar-refractivity contribution in [1.29, 1.82) is 0 Å². The second-order valence-electron chi connectivity index (χ2n) is 6.76. The summed E-state index contributed by atoms with van der Waals surface area (Å²) in [4.78, 5) is 14.5. The highest BCUT2D eigenvalue weighted by molar-refractivity contribution is 7.99. The molecular weight excluding hydrogens is 330 g/mol. The summed E-state index contributed by atoms with van der Waals surface area (Å²) in [5, 5.41) is 0.103. The van der Waals surface area contributed by atoms with Crippen LogP contribution >= 0.6 is 11.8 Å². The maximum absolute atomic E-state index is 12.5. The fourth-order valence-electron chi connectivity index (χ4n) is 2.97. The molecular formula is C21H25NO2S. The lowest BCUT2D eigenvalue weighted by Gasteiger charge is -2.25. The molecule has 1 aliphatic heterocycles. The van der Waals surface area contributed by atoms with Crippen molar-refractivity contribution in [1.82, 2.24) is 4.90 Å². The van der Waals surface area contributed by atoms with Crippen LogP contribution in [0.5, 0.6) is 5.75 Å². The Bertz CT molecular complexity index is 702. The average Bonchev–Trinajstić information content (AvgIpc) is 3.10. The topological polar surface area (TPSA) is 29.5 Å². The second kappa shape index (κ2) is 8.43. The van der Waals surface area contributed by atoms with Crippen LogP contribution in [0.3, 0.4) is 0 Å². The molecule has 4 heteroatoms. The number of hydrogen-bond donors (Lipinski definition) is 0. The third-order valence-electron chi connectivity index (χ3n) is 4.19. The van der Waals surface area contributed by atoms with Gasteiger partial charge in [0.05, 0.1) is 0 Å². The maximum atomic E-state index is 12.5. The molecule has 3 rings (SSSR count). The summed E-state index contributed by atoms with van der Waals surface area (Å²) in [5.74, 6) is 2.48. The van der Waals surface area contributed by atoms with Crippen LogP contribution in [0.2, 0.25) is 0 Å². The van der Waals surface area contributed by atoms with Gasteiger partial charge in [0.1, 0.15) is 17.7 Å². The van der Waals surface area contributed by atoms with Crippen molar-refractivity contribution in [2.24, 2.45) is 5.92 Å². The summed E-state index contributed by atoms with van der Waals surface area (Å²) < 4.78 is 5.94. The molecule has 2 aromatic rings. The Balaban J connectivity index is 1.68. The monoisotopic (exact) mass is 355 g/mol. The molecule has 0 aliphatic carbocycles. The van der Waals surface area contributed by atoms with Crippen LogP contribution in [0.25, 0.3) is 0 Å². The number of carbonyl (C=O) groups is 1. The first-order chi connectivity index (χ1) is 12.1. The Labute approximate surface area is 154 Å². The van der Waals surface area contributed by atoms with Crippen LogP contribution < -0.4 is 4.74 Å². The zero-order chi connectivity index (χ0) is 17.6. The van der Waals surface area contributed by atoms with E-state index in [-0.39, 0.29) is 11.3 Å². The zero-order valence-corrected chi connectivity index (χ0v) is 15.7. The Kier molecular flexibility index (Phi) is 6.03. The fourth-order valence-corrected chi connectivity index (χ4v) is 4.23. The molecule has 25 heavy (non-hydrogen) atoms. The molecule has 0 saturated carbocycles. The minimum atomic E-state index is 0.103. The highest BCUT2D eigenvalue weighted by atomic mass is 32.2. The molecule has 0 spiro atoms. The highest BCUT2D eigenvalue weighted by Gasteiger charge is 2.30. The van der Waals surface area contributed by atoms with E-state index < -0.39 is 0 Å². The van der Waals surface area contributed by atoms with E-state index >= 15 is 0 Å². The molecule has 1 atom stereocenters. The van der Waals surface area contributed by atoms with Gasteiger partial charge in [-0.2, -0.15) is 0 Å². The highest BCUT2D eigenvalue weighted by Crippen LogP contribution is 2.39. The SMILES string of the molecule is CC(C)CC(=O)N1CCS[C@H]1c1cccc(OCc2ccccc2)c1. The minimum Gasteiger partial charge on any atom is -0.489 e. The molecule has 0 unspecified atom stereocenters. The van der Waals surface area contributed by atoms with E-state index in [1.807, 2.05) is 47.0 Å². The number of nitrogens with zero attached hydrogens (tertiary/aromatic N) is 1. The van der Waals surface area contributed by atoms with Crippen LogP contribution in [-0.2, 0) is 11.4 Å². The van der Waals surface area contributed by atoms with Gasteiger partial charge in [0.15, 0.2) is 0 Å². The van der Waals surface area contributed by atoms with Crippen molar-refractivity contribution < 1.29 is 9.53 Å². The first-order valence-corrected chi connectivity index (χ1v) is 9.86. The third kappa shape index (κ3) is 4.79. The van der Waals surface area contributed by atoms with E-state index in [1.165, 1.54) is 0 Å². The van der Waals surface area contributed by atoms with Crippen LogP contribution in [0.15, 0.2) is 54.6 Å². The van der Waals surface area contributed by atoms with Crippen LogP contribution in [-0.4, -0.2) is 23.1 Å². The Morgan fingerprint density at radius 3 is 2.76 bits per heavy atom. The Hall–Kier alpha value is -1.94. The van der Waals surface area contributed by atoms with Crippen molar-refractivity contribution in [3.63, 3.8) is 0 Å². The molecule has 1 aliphatic rings. The summed E-state index contributed by atoms with van der Waals surface area (Å²) in [5.41, 5.74) is 2.29. The van der Waals surface area contributed by atoms with Gasteiger partial charge in [-0.25, -0.2) is 0 Å². The lowest BCUT2D eigenvalue weighted by atomic mass is 10.1. The largest absolute Gasteiger partial charge is 0.489 e. The van der Waals surface area contributed by atoms with Crippen molar-refractivity contribution in [2.45, 2.75) is 32.2 Å². The van der Waals surface area contributed by atoms with Crippen LogP contribution in [0.4, 0.5) is 0 Å². The molecule has 1 amide bonds. The predicted molar refractivity (Wildman–Crippen MR) is 104 cm³/mol. The lowest BCUT2D eigenvalue weighted by Crippen LogP contribution is -2.31. The van der Waals surface area contributed by atoms with Crippen LogP contribution in [0, 0.1) is 5.92 Å². The number of rotatable bonds is 6. The number of hydrogen-bond acceptors (Lipinski definition) is 3. The maximum Gasteiger partial charge on any atom is 0.224 e. The van der Waals surface area contributed by atoms with E-state index in [0.717, 1.165) is 29.2 Å². The normalized spacial score (nSPS) is 17.1. The first kappa shape index (κ1) is 17.9. The molecule has 132 valence electrons. The standard InChI is InChI=1S/C21H25NO2S/c1-16(2)13-20(23)22-11-12-25-21(22)18-9-6-10-19(14-18)24-15-17-7-4-3-5-8-17/h3-10,14,16,21H,11-13,15H2,1-2H3/t21-/m0/s1. The number of ether oxygens (including phenoxy) is 1. The summed E-state index contributed by atoms with van der Waals surface area (Å²) in [7, 11) is 0. The zero-order valence-electron chi connectivity index (χ0n) is 14.9. The molecule has 0 N–H and O–H groups in total. The van der Waals surface area contributed by atoms with Crippen molar-refractivity contribution in [3.8, 4) is 5.75 Å². The number of carbonyl (C=O) groups excluding carboxylic acids is 1. The van der Waals surface area contributed by atoms with Gasteiger partial charge in [-0.15, -0.1) is 11.8 Å². The van der Waals surface area contributed by atoms with E-state index in [9.17, 15) is 4.79 Å². The average molecular weight is 356 g/mol. The molecule has 1 heterocycles. The summed E-state index contributed by atoms with van der Waals surface area (Å²) in [6, 6.07) is 18.3. The van der Waals surface area contributed by atoms with E-state index in [2.05, 4.69) is 38.1 Å². The van der Waals surface area contributed by atoms with Gasteiger partial charge in [-0.3, -0.25) is 4.79 Å². The molecule has 0 aromatic heterocycles. The Morgan fingerprint density at radius 1 is 1.20 bits per heavy atom. The van der Waals surface area contributed by atoms with Gasteiger partial charge in [0.25, 0.3) is 0 Å². The summed E-state index contributed by atoms with van der Waals surface area (Å²) in [6.07, 6.45) is 0.612. The van der Waals surface area contributed by atoms with Gasteiger partial charge < -0.3 is 9.64 Å². The third-order valence-corrected chi connectivity index (χ3v) is 5.45. The van der Waals surface area contributed by atoms with Crippen LogP contribution in [0.1, 0.15) is 36.8 Å². The lowest BCUT2D eigenvalue weighted by molar-refractivity contribution is -0.132. The van der Waals surface area contributed by atoms with Gasteiger partial charge in [0, 0.05) is 18.7 Å². The van der Waals surface area contributed by atoms with E-state index in [1.54, 1.807) is 0 Å². The van der Waals surface area contributed by atoms with Gasteiger partial charge in [-0.1, -0.05) is 56.3 Å². The van der Waals surface area contributed by atoms with E-state index in [0.29, 0.717) is 18.9 Å². The smallest absolute Gasteiger partial charge is 0.224 e. The molecule has 1 saturated heterocycles. The fraction of sp³-hybridized carbons (Fsp3) is 0.381. The molecule has 1 fully saturated rings.